The van der Waals surface area contributed by atoms with Crippen molar-refractivity contribution >= 4 is 16.8 Å². The van der Waals surface area contributed by atoms with E-state index in [4.69, 9.17) is 10.1 Å². The highest BCUT2D eigenvalue weighted by atomic mass is 32.2. The summed E-state index contributed by atoms with van der Waals surface area (Å²) in [5, 5.41) is 7.84. The van der Waals surface area contributed by atoms with Crippen LogP contribution in [0.4, 0.5) is 4.39 Å². The maximum absolute atomic E-state index is 12.8. The van der Waals surface area contributed by atoms with Crippen molar-refractivity contribution in [2.24, 2.45) is 0 Å². The fourth-order valence-corrected chi connectivity index (χ4v) is 1.35. The number of hydrogen-bond donors (Lipinski definition) is 1. The highest BCUT2D eigenvalue weighted by Crippen LogP contribution is 2.22. The summed E-state index contributed by atoms with van der Waals surface area (Å²) < 4.78 is 17.8. The number of ether oxygens (including phenoxy) is 1. The first-order valence-corrected chi connectivity index (χ1v) is 4.88. The molecule has 0 saturated carbocycles. The van der Waals surface area contributed by atoms with Gasteiger partial charge >= 0.3 is 0 Å². The molecular weight excluding hydrogens is 189 g/mol. The van der Waals surface area contributed by atoms with Crippen LogP contribution in [0, 0.1) is 11.2 Å². The summed E-state index contributed by atoms with van der Waals surface area (Å²) in [6.07, 6.45) is 1.77. The van der Waals surface area contributed by atoms with Gasteiger partial charge in [-0.25, -0.2) is 4.39 Å². The molecule has 0 spiro atoms. The average molecular weight is 199 g/mol. The smallest absolute Gasteiger partial charge is 0.128 e. The van der Waals surface area contributed by atoms with Gasteiger partial charge in [-0.3, -0.25) is 5.41 Å². The summed E-state index contributed by atoms with van der Waals surface area (Å²) in [6.45, 7) is 0. The van der Waals surface area contributed by atoms with Gasteiger partial charge in [-0.15, -0.1) is 11.8 Å². The third-order valence-corrected chi connectivity index (χ3v) is 2.24. The summed E-state index contributed by atoms with van der Waals surface area (Å²) in [6, 6.07) is 4.14. The lowest BCUT2D eigenvalue weighted by Gasteiger charge is -2.07. The largest absolute Gasteiger partial charge is 0.496 e. The van der Waals surface area contributed by atoms with E-state index in [9.17, 15) is 4.39 Å². The number of methoxy groups -OCH3 is 1. The van der Waals surface area contributed by atoms with Crippen molar-refractivity contribution < 1.29 is 9.13 Å². The van der Waals surface area contributed by atoms with Crippen molar-refractivity contribution in [2.75, 3.05) is 13.4 Å². The van der Waals surface area contributed by atoms with Crippen LogP contribution in [-0.4, -0.2) is 18.4 Å². The normalized spacial score (nSPS) is 9.77. The Balaban J connectivity index is 3.15. The standard InChI is InChI=1S/C9H10FNOS/c1-12-8-4-3-6(10)5-7(8)9(11)13-2/h3-5,11H,1-2H3. The lowest BCUT2D eigenvalue weighted by molar-refractivity contribution is 0.413. The van der Waals surface area contributed by atoms with Crippen molar-refractivity contribution in [1.29, 1.82) is 5.41 Å². The number of rotatable bonds is 2. The SMILES string of the molecule is COc1ccc(F)cc1C(=N)SC. The van der Waals surface area contributed by atoms with Crippen molar-refractivity contribution in [3.63, 3.8) is 0 Å². The van der Waals surface area contributed by atoms with E-state index >= 15 is 0 Å². The van der Waals surface area contributed by atoms with Crippen LogP contribution in [-0.2, 0) is 0 Å². The molecule has 1 N–H and O–H groups in total. The fourth-order valence-electron chi connectivity index (χ4n) is 0.968. The molecule has 70 valence electrons. The van der Waals surface area contributed by atoms with Gasteiger partial charge in [-0.2, -0.15) is 0 Å². The predicted molar refractivity (Wildman–Crippen MR) is 53.3 cm³/mol. The number of hydrogen-bond acceptors (Lipinski definition) is 3. The van der Waals surface area contributed by atoms with E-state index in [1.807, 2.05) is 0 Å². The van der Waals surface area contributed by atoms with Crippen LogP contribution in [0.5, 0.6) is 5.75 Å². The molecule has 2 nitrogen and oxygen atoms in total. The van der Waals surface area contributed by atoms with Gasteiger partial charge in [-0.1, -0.05) is 0 Å². The van der Waals surface area contributed by atoms with Gasteiger partial charge in [0.15, 0.2) is 0 Å². The van der Waals surface area contributed by atoms with E-state index in [0.29, 0.717) is 16.4 Å². The molecule has 0 unspecified atom stereocenters. The Morgan fingerprint density at radius 1 is 1.54 bits per heavy atom. The fraction of sp³-hybridized carbons (Fsp3) is 0.222. The Bertz CT molecular complexity index is 327. The molecule has 0 atom stereocenters. The van der Waals surface area contributed by atoms with E-state index in [1.54, 1.807) is 6.26 Å². The molecule has 0 bridgehead atoms. The lowest BCUT2D eigenvalue weighted by atomic mass is 10.2. The average Bonchev–Trinajstić information content (AvgIpc) is 2.16. The molecule has 0 radical (unpaired) electrons. The Labute approximate surface area is 80.6 Å². The molecule has 0 aromatic heterocycles. The van der Waals surface area contributed by atoms with Crippen molar-refractivity contribution in [2.45, 2.75) is 0 Å². The van der Waals surface area contributed by atoms with Crippen molar-refractivity contribution in [1.82, 2.24) is 0 Å². The molecule has 0 amide bonds. The Morgan fingerprint density at radius 2 is 2.23 bits per heavy atom. The monoisotopic (exact) mass is 199 g/mol. The number of halogens is 1. The molecule has 0 heterocycles. The molecule has 1 aromatic rings. The Morgan fingerprint density at radius 3 is 2.77 bits per heavy atom. The first-order chi connectivity index (χ1) is 6.19. The highest BCUT2D eigenvalue weighted by Gasteiger charge is 2.08. The minimum Gasteiger partial charge on any atom is -0.496 e. The number of benzene rings is 1. The second kappa shape index (κ2) is 4.28. The summed E-state index contributed by atoms with van der Waals surface area (Å²) in [4.78, 5) is 0. The molecule has 0 fully saturated rings. The van der Waals surface area contributed by atoms with E-state index in [2.05, 4.69) is 0 Å². The number of nitrogens with one attached hydrogen (secondary N) is 1. The first kappa shape index (κ1) is 10.1. The maximum Gasteiger partial charge on any atom is 0.128 e. The quantitative estimate of drug-likeness (QED) is 0.586. The molecule has 0 aliphatic rings. The minimum atomic E-state index is -0.352. The van der Waals surface area contributed by atoms with E-state index in [0.717, 1.165) is 0 Å². The van der Waals surface area contributed by atoms with Gasteiger partial charge in [0, 0.05) is 0 Å². The van der Waals surface area contributed by atoms with Crippen LogP contribution >= 0.6 is 11.8 Å². The second-order valence-corrected chi connectivity index (χ2v) is 3.19. The van der Waals surface area contributed by atoms with Gasteiger partial charge in [0.05, 0.1) is 17.7 Å². The van der Waals surface area contributed by atoms with Gasteiger partial charge in [0.1, 0.15) is 11.6 Å². The van der Waals surface area contributed by atoms with Crippen LogP contribution in [0.2, 0.25) is 0 Å². The van der Waals surface area contributed by atoms with Gasteiger partial charge in [0.25, 0.3) is 0 Å². The Kier molecular flexibility index (Phi) is 3.31. The molecule has 1 rings (SSSR count). The van der Waals surface area contributed by atoms with Gasteiger partial charge in [0.2, 0.25) is 0 Å². The topological polar surface area (TPSA) is 33.1 Å². The van der Waals surface area contributed by atoms with Gasteiger partial charge < -0.3 is 4.74 Å². The van der Waals surface area contributed by atoms with Crippen LogP contribution < -0.4 is 4.74 Å². The van der Waals surface area contributed by atoms with Crippen LogP contribution in [0.25, 0.3) is 0 Å². The summed E-state index contributed by atoms with van der Waals surface area (Å²) in [5.41, 5.74) is 0.495. The molecule has 0 aliphatic carbocycles. The first-order valence-electron chi connectivity index (χ1n) is 3.65. The zero-order valence-electron chi connectivity index (χ0n) is 7.43. The zero-order valence-corrected chi connectivity index (χ0v) is 8.24. The third kappa shape index (κ3) is 2.21. The van der Waals surface area contributed by atoms with Crippen molar-refractivity contribution in [3.8, 4) is 5.75 Å². The molecule has 0 saturated heterocycles. The summed E-state index contributed by atoms with van der Waals surface area (Å²) in [5.74, 6) is 0.176. The summed E-state index contributed by atoms with van der Waals surface area (Å²) >= 11 is 1.25. The third-order valence-electron chi connectivity index (χ3n) is 1.61. The Hall–Kier alpha value is -1.03. The van der Waals surface area contributed by atoms with Crippen LogP contribution in [0.15, 0.2) is 18.2 Å². The molecular formula is C9H10FNOS. The van der Waals surface area contributed by atoms with E-state index in [-0.39, 0.29) is 5.82 Å². The maximum atomic E-state index is 12.8. The second-order valence-electron chi connectivity index (χ2n) is 2.38. The molecule has 4 heteroatoms. The predicted octanol–water partition coefficient (Wildman–Crippen LogP) is 2.52. The van der Waals surface area contributed by atoms with Gasteiger partial charge in [-0.05, 0) is 24.5 Å². The molecule has 13 heavy (non-hydrogen) atoms. The number of thioether (sulfide) groups is 1. The zero-order chi connectivity index (χ0) is 9.84. The van der Waals surface area contributed by atoms with Crippen LogP contribution in [0.1, 0.15) is 5.56 Å². The molecule has 0 aliphatic heterocycles. The van der Waals surface area contributed by atoms with E-state index in [1.165, 1.54) is 37.1 Å². The lowest BCUT2D eigenvalue weighted by Crippen LogP contribution is -1.98. The van der Waals surface area contributed by atoms with Crippen LogP contribution in [0.3, 0.4) is 0 Å². The molecule has 1 aromatic carbocycles. The highest BCUT2D eigenvalue weighted by molar-refractivity contribution is 8.13. The summed E-state index contributed by atoms with van der Waals surface area (Å²) in [7, 11) is 1.50. The van der Waals surface area contributed by atoms with Crippen molar-refractivity contribution in [3.05, 3.63) is 29.6 Å². The van der Waals surface area contributed by atoms with E-state index < -0.39 is 0 Å². The minimum absolute atomic E-state index is 0.302.